The Morgan fingerprint density at radius 3 is 2.71 bits per heavy atom. The molecule has 2 rings (SSSR count). The molecule has 0 bridgehead atoms. The van der Waals surface area contributed by atoms with Gasteiger partial charge >= 0.3 is 5.97 Å². The summed E-state index contributed by atoms with van der Waals surface area (Å²) in [7, 11) is 0. The zero-order valence-electron chi connectivity index (χ0n) is 10.7. The summed E-state index contributed by atoms with van der Waals surface area (Å²) in [5.41, 5.74) is 0.567. The summed E-state index contributed by atoms with van der Waals surface area (Å²) >= 11 is 4.43. The molecule has 2 aromatic rings. The van der Waals surface area contributed by atoms with Crippen LogP contribution in [-0.2, 0) is 0 Å². The Labute approximate surface area is 132 Å². The molecule has 0 fully saturated rings. The summed E-state index contributed by atoms with van der Waals surface area (Å²) in [5.74, 6) is -1.04. The number of carbonyl (C=O) groups is 1. The molecular formula is C13H9BrN2O4S. The van der Waals surface area contributed by atoms with Gasteiger partial charge < -0.3 is 5.11 Å². The van der Waals surface area contributed by atoms with Crippen molar-refractivity contribution in [1.82, 2.24) is 4.98 Å². The molecule has 0 aliphatic rings. The minimum Gasteiger partial charge on any atom is -0.478 e. The first-order valence-electron chi connectivity index (χ1n) is 5.70. The van der Waals surface area contributed by atoms with E-state index in [-0.39, 0.29) is 11.3 Å². The van der Waals surface area contributed by atoms with Crippen molar-refractivity contribution >= 4 is 39.3 Å². The highest BCUT2D eigenvalue weighted by Gasteiger charge is 2.15. The number of aromatic nitrogens is 1. The van der Waals surface area contributed by atoms with Gasteiger partial charge in [-0.15, -0.1) is 0 Å². The van der Waals surface area contributed by atoms with Crippen LogP contribution in [-0.4, -0.2) is 21.0 Å². The summed E-state index contributed by atoms with van der Waals surface area (Å²) in [6.07, 6.45) is 1.18. The summed E-state index contributed by atoms with van der Waals surface area (Å²) in [5, 5.41) is 20.4. The number of carboxylic acid groups (broad SMARTS) is 1. The topological polar surface area (TPSA) is 93.3 Å². The maximum Gasteiger partial charge on any atom is 0.336 e. The fourth-order valence-corrected chi connectivity index (χ4v) is 3.17. The second-order valence-electron chi connectivity index (χ2n) is 4.11. The smallest absolute Gasteiger partial charge is 0.336 e. The molecule has 21 heavy (non-hydrogen) atoms. The molecule has 0 atom stereocenters. The van der Waals surface area contributed by atoms with Crippen LogP contribution in [0, 0.1) is 17.0 Å². The number of aromatic carboxylic acids is 1. The van der Waals surface area contributed by atoms with Crippen LogP contribution in [0.25, 0.3) is 0 Å². The lowest BCUT2D eigenvalue weighted by molar-refractivity contribution is -0.385. The van der Waals surface area contributed by atoms with Crippen LogP contribution in [0.2, 0.25) is 0 Å². The van der Waals surface area contributed by atoms with Crippen molar-refractivity contribution in [3.05, 3.63) is 56.2 Å². The molecule has 6 nitrogen and oxygen atoms in total. The van der Waals surface area contributed by atoms with E-state index in [9.17, 15) is 14.9 Å². The lowest BCUT2D eigenvalue weighted by atomic mass is 10.2. The van der Waals surface area contributed by atoms with E-state index in [0.29, 0.717) is 15.5 Å². The predicted octanol–water partition coefficient (Wildman–Crippen LogP) is 3.91. The van der Waals surface area contributed by atoms with Crippen molar-refractivity contribution in [2.75, 3.05) is 0 Å². The van der Waals surface area contributed by atoms with Crippen molar-refractivity contribution in [2.45, 2.75) is 16.8 Å². The monoisotopic (exact) mass is 368 g/mol. The first kappa shape index (κ1) is 15.5. The quantitative estimate of drug-likeness (QED) is 0.649. The van der Waals surface area contributed by atoms with Gasteiger partial charge in [0.15, 0.2) is 0 Å². The Hall–Kier alpha value is -1.93. The van der Waals surface area contributed by atoms with E-state index in [2.05, 4.69) is 20.9 Å². The van der Waals surface area contributed by atoms with Crippen LogP contribution in [0.1, 0.15) is 15.9 Å². The molecular weight excluding hydrogens is 360 g/mol. The van der Waals surface area contributed by atoms with Gasteiger partial charge in [-0.25, -0.2) is 9.78 Å². The van der Waals surface area contributed by atoms with Crippen LogP contribution >= 0.6 is 27.7 Å². The fraction of sp³-hybridized carbons (Fsp3) is 0.0769. The third-order valence-electron chi connectivity index (χ3n) is 2.64. The van der Waals surface area contributed by atoms with E-state index >= 15 is 0 Å². The van der Waals surface area contributed by atoms with Gasteiger partial charge in [0.25, 0.3) is 5.69 Å². The van der Waals surface area contributed by atoms with E-state index in [0.717, 1.165) is 16.2 Å². The summed E-state index contributed by atoms with van der Waals surface area (Å²) in [6, 6.07) is 6.37. The second kappa shape index (κ2) is 6.23. The van der Waals surface area contributed by atoms with Crippen LogP contribution < -0.4 is 0 Å². The number of nitro groups is 1. The van der Waals surface area contributed by atoms with Crippen LogP contribution in [0.4, 0.5) is 5.69 Å². The van der Waals surface area contributed by atoms with E-state index in [4.69, 9.17) is 5.11 Å². The first-order chi connectivity index (χ1) is 9.88. The molecule has 1 aromatic carbocycles. The van der Waals surface area contributed by atoms with Gasteiger partial charge in [-0.2, -0.15) is 0 Å². The molecule has 0 saturated carbocycles. The maximum atomic E-state index is 11.2. The maximum absolute atomic E-state index is 11.2. The van der Waals surface area contributed by atoms with Crippen molar-refractivity contribution in [1.29, 1.82) is 0 Å². The Morgan fingerprint density at radius 1 is 1.43 bits per heavy atom. The van der Waals surface area contributed by atoms with Crippen molar-refractivity contribution in [2.24, 2.45) is 0 Å². The van der Waals surface area contributed by atoms with Gasteiger partial charge in [0.2, 0.25) is 0 Å². The van der Waals surface area contributed by atoms with Gasteiger partial charge in [-0.05, 0) is 31.2 Å². The third-order valence-corrected chi connectivity index (χ3v) is 4.13. The Morgan fingerprint density at radius 2 is 2.14 bits per heavy atom. The number of hydrogen-bond acceptors (Lipinski definition) is 5. The minimum atomic E-state index is -1.04. The van der Waals surface area contributed by atoms with Crippen LogP contribution in [0.5, 0.6) is 0 Å². The average molecular weight is 369 g/mol. The number of pyridine rings is 1. The molecule has 1 N–H and O–H groups in total. The number of rotatable bonds is 4. The Bertz CT molecular complexity index is 736. The lowest BCUT2D eigenvalue weighted by Crippen LogP contribution is -1.99. The molecule has 0 aliphatic carbocycles. The van der Waals surface area contributed by atoms with Gasteiger partial charge in [-0.3, -0.25) is 10.1 Å². The van der Waals surface area contributed by atoms with E-state index in [1.54, 1.807) is 25.1 Å². The van der Waals surface area contributed by atoms with Gasteiger partial charge in [0, 0.05) is 14.9 Å². The SMILES string of the molecule is Cc1cc(Sc2cc(Br)ccc2C(=O)O)ncc1[N+](=O)[O-]. The molecule has 0 saturated heterocycles. The normalized spacial score (nSPS) is 10.4. The van der Waals surface area contributed by atoms with Crippen LogP contribution in [0.3, 0.4) is 0 Å². The summed E-state index contributed by atoms with van der Waals surface area (Å²) in [6.45, 7) is 1.61. The van der Waals surface area contributed by atoms with Gasteiger partial charge in [0.05, 0.1) is 10.5 Å². The van der Waals surface area contributed by atoms with E-state index in [1.165, 1.54) is 12.3 Å². The van der Waals surface area contributed by atoms with E-state index < -0.39 is 10.9 Å². The van der Waals surface area contributed by atoms with Crippen LogP contribution in [0.15, 0.2) is 44.9 Å². The van der Waals surface area contributed by atoms with Crippen molar-refractivity contribution in [3.63, 3.8) is 0 Å². The highest BCUT2D eigenvalue weighted by molar-refractivity contribution is 9.10. The molecule has 108 valence electrons. The minimum absolute atomic E-state index is 0.0629. The number of halogens is 1. The molecule has 8 heteroatoms. The standard InChI is InChI=1S/C13H9BrN2O4S/c1-7-4-12(15-6-10(7)16(19)20)21-11-5-8(14)2-3-9(11)13(17)18/h2-6H,1H3,(H,17,18). The number of hydrogen-bond donors (Lipinski definition) is 1. The molecule has 1 aromatic heterocycles. The molecule has 0 amide bonds. The number of carboxylic acids is 1. The third kappa shape index (κ3) is 3.59. The Kier molecular flexibility index (Phi) is 4.59. The largest absolute Gasteiger partial charge is 0.478 e. The average Bonchev–Trinajstić information content (AvgIpc) is 2.37. The van der Waals surface area contributed by atoms with Crippen molar-refractivity contribution < 1.29 is 14.8 Å². The fourth-order valence-electron chi connectivity index (χ4n) is 1.64. The van der Waals surface area contributed by atoms with Crippen molar-refractivity contribution in [3.8, 4) is 0 Å². The number of nitrogens with zero attached hydrogens (tertiary/aromatic N) is 2. The highest BCUT2D eigenvalue weighted by atomic mass is 79.9. The second-order valence-corrected chi connectivity index (χ2v) is 6.09. The molecule has 0 unspecified atom stereocenters. The van der Waals surface area contributed by atoms with E-state index in [1.807, 2.05) is 0 Å². The Balaban J connectivity index is 2.38. The molecule has 0 aliphatic heterocycles. The number of aryl methyl sites for hydroxylation is 1. The zero-order valence-corrected chi connectivity index (χ0v) is 13.1. The summed E-state index contributed by atoms with van der Waals surface area (Å²) in [4.78, 5) is 26.0. The van der Waals surface area contributed by atoms with Gasteiger partial charge in [-0.1, -0.05) is 27.7 Å². The predicted molar refractivity (Wildman–Crippen MR) is 80.9 cm³/mol. The highest BCUT2D eigenvalue weighted by Crippen LogP contribution is 2.33. The molecule has 0 radical (unpaired) electrons. The lowest BCUT2D eigenvalue weighted by Gasteiger charge is -2.06. The molecule has 0 spiro atoms. The van der Waals surface area contributed by atoms with Gasteiger partial charge in [0.1, 0.15) is 11.2 Å². The first-order valence-corrected chi connectivity index (χ1v) is 7.31. The molecule has 1 heterocycles. The zero-order chi connectivity index (χ0) is 15.6. The number of benzene rings is 1. The summed E-state index contributed by atoms with van der Waals surface area (Å²) < 4.78 is 0.744.